The van der Waals surface area contributed by atoms with Crippen molar-refractivity contribution in [2.45, 2.75) is 31.0 Å². The van der Waals surface area contributed by atoms with E-state index < -0.39 is 10.0 Å². The van der Waals surface area contributed by atoms with Crippen LogP contribution in [0.4, 0.5) is 0 Å². The average Bonchev–Trinajstić information content (AvgIpc) is 3.09. The van der Waals surface area contributed by atoms with Gasteiger partial charge in [-0.2, -0.15) is 0 Å². The molecule has 2 aromatic rings. The van der Waals surface area contributed by atoms with Gasteiger partial charge in [-0.3, -0.25) is 4.57 Å². The van der Waals surface area contributed by atoms with E-state index in [1.165, 1.54) is 0 Å². The molecule has 0 amide bonds. The van der Waals surface area contributed by atoms with Crippen LogP contribution < -0.4 is 5.14 Å². The molecule has 1 aromatic carbocycles. The van der Waals surface area contributed by atoms with E-state index in [0.717, 1.165) is 24.0 Å². The SMILES string of the molecule is Cc1ccc(Cl)cc1-c1nnc(S(N)(=O)=O)n1C1CC1. The summed E-state index contributed by atoms with van der Waals surface area (Å²) < 4.78 is 24.8. The summed E-state index contributed by atoms with van der Waals surface area (Å²) in [5.74, 6) is 0.497. The molecule has 6 nitrogen and oxygen atoms in total. The Morgan fingerprint density at radius 2 is 2.05 bits per heavy atom. The molecule has 1 saturated carbocycles. The van der Waals surface area contributed by atoms with Crippen molar-refractivity contribution < 1.29 is 8.42 Å². The number of benzene rings is 1. The number of rotatable bonds is 3. The fraction of sp³-hybridized carbons (Fsp3) is 0.333. The number of nitrogens with zero attached hydrogens (tertiary/aromatic N) is 3. The van der Waals surface area contributed by atoms with E-state index in [1.54, 1.807) is 16.7 Å². The van der Waals surface area contributed by atoms with Crippen LogP contribution in [0.1, 0.15) is 24.4 Å². The van der Waals surface area contributed by atoms with E-state index in [-0.39, 0.29) is 11.2 Å². The van der Waals surface area contributed by atoms with Crippen molar-refractivity contribution >= 4 is 21.6 Å². The highest BCUT2D eigenvalue weighted by atomic mass is 35.5. The number of aryl methyl sites for hydroxylation is 1. The van der Waals surface area contributed by atoms with Gasteiger partial charge >= 0.3 is 0 Å². The van der Waals surface area contributed by atoms with Gasteiger partial charge in [0.15, 0.2) is 5.82 Å². The molecule has 106 valence electrons. The number of primary sulfonamides is 1. The largest absolute Gasteiger partial charge is 0.294 e. The van der Waals surface area contributed by atoms with Crippen LogP contribution in [0.25, 0.3) is 11.4 Å². The summed E-state index contributed by atoms with van der Waals surface area (Å²) in [6, 6.07) is 5.48. The Bertz CT molecular complexity index is 781. The van der Waals surface area contributed by atoms with E-state index in [4.69, 9.17) is 16.7 Å². The van der Waals surface area contributed by atoms with Gasteiger partial charge in [-0.15, -0.1) is 10.2 Å². The molecule has 20 heavy (non-hydrogen) atoms. The first kappa shape index (κ1) is 13.5. The number of sulfonamides is 1. The lowest BCUT2D eigenvalue weighted by molar-refractivity contribution is 0.567. The van der Waals surface area contributed by atoms with Gasteiger partial charge in [0.25, 0.3) is 15.2 Å². The summed E-state index contributed by atoms with van der Waals surface area (Å²) in [5.41, 5.74) is 1.72. The first-order valence-electron chi connectivity index (χ1n) is 6.12. The zero-order chi connectivity index (χ0) is 14.5. The van der Waals surface area contributed by atoms with Crippen molar-refractivity contribution in [2.75, 3.05) is 0 Å². The Kier molecular flexibility index (Phi) is 3.07. The highest BCUT2D eigenvalue weighted by Crippen LogP contribution is 2.40. The molecule has 0 unspecified atom stereocenters. The van der Waals surface area contributed by atoms with Crippen LogP contribution in [0.15, 0.2) is 23.4 Å². The summed E-state index contributed by atoms with van der Waals surface area (Å²) in [5, 5.41) is 13.3. The molecule has 0 atom stereocenters. The maximum absolute atomic E-state index is 11.6. The Hall–Kier alpha value is -1.44. The molecule has 3 rings (SSSR count). The highest BCUT2D eigenvalue weighted by Gasteiger charge is 2.33. The van der Waals surface area contributed by atoms with Gasteiger partial charge in [0, 0.05) is 16.6 Å². The predicted octanol–water partition coefficient (Wildman–Crippen LogP) is 1.89. The molecule has 8 heteroatoms. The molecule has 1 fully saturated rings. The minimum absolute atomic E-state index is 0.0895. The Labute approximate surface area is 121 Å². The maximum atomic E-state index is 11.6. The normalized spacial score (nSPS) is 15.6. The predicted molar refractivity (Wildman–Crippen MR) is 74.8 cm³/mol. The molecular formula is C12H13ClN4O2S. The number of hydrogen-bond donors (Lipinski definition) is 1. The fourth-order valence-corrected chi connectivity index (χ4v) is 2.99. The summed E-state index contributed by atoms with van der Waals surface area (Å²) >= 11 is 6.01. The molecule has 0 aliphatic heterocycles. The van der Waals surface area contributed by atoms with Gasteiger partial charge < -0.3 is 0 Å². The molecule has 0 radical (unpaired) electrons. The first-order chi connectivity index (χ1) is 9.38. The molecule has 1 aliphatic carbocycles. The third kappa shape index (κ3) is 2.32. The molecular weight excluding hydrogens is 300 g/mol. The van der Waals surface area contributed by atoms with Gasteiger partial charge in [0.1, 0.15) is 0 Å². The van der Waals surface area contributed by atoms with Crippen molar-refractivity contribution in [3.05, 3.63) is 28.8 Å². The van der Waals surface area contributed by atoms with Crippen molar-refractivity contribution in [3.63, 3.8) is 0 Å². The van der Waals surface area contributed by atoms with Crippen LogP contribution >= 0.6 is 11.6 Å². The quantitative estimate of drug-likeness (QED) is 0.937. The molecule has 0 bridgehead atoms. The zero-order valence-electron chi connectivity index (χ0n) is 10.7. The van der Waals surface area contributed by atoms with Crippen LogP contribution in [-0.2, 0) is 10.0 Å². The second-order valence-corrected chi connectivity index (χ2v) is 6.80. The van der Waals surface area contributed by atoms with Crippen molar-refractivity contribution in [2.24, 2.45) is 5.14 Å². The molecule has 1 heterocycles. The van der Waals surface area contributed by atoms with Gasteiger partial charge in [-0.25, -0.2) is 13.6 Å². The minimum Gasteiger partial charge on any atom is -0.294 e. The summed E-state index contributed by atoms with van der Waals surface area (Å²) in [6.45, 7) is 1.91. The lowest BCUT2D eigenvalue weighted by Crippen LogP contribution is -2.18. The molecule has 0 saturated heterocycles. The fourth-order valence-electron chi connectivity index (χ4n) is 2.15. The van der Waals surface area contributed by atoms with Crippen molar-refractivity contribution in [1.82, 2.24) is 14.8 Å². The van der Waals surface area contributed by atoms with E-state index in [2.05, 4.69) is 10.2 Å². The second-order valence-electron chi connectivity index (χ2n) is 4.91. The Balaban J connectivity index is 2.25. The third-order valence-electron chi connectivity index (χ3n) is 3.27. The van der Waals surface area contributed by atoms with Gasteiger partial charge in [0.2, 0.25) is 0 Å². The summed E-state index contributed by atoms with van der Waals surface area (Å²) in [6.07, 6.45) is 1.79. The van der Waals surface area contributed by atoms with E-state index in [9.17, 15) is 8.42 Å². The smallest absolute Gasteiger partial charge is 0.273 e. The van der Waals surface area contributed by atoms with Crippen LogP contribution in [0.2, 0.25) is 5.02 Å². The number of halogens is 1. The van der Waals surface area contributed by atoms with Crippen LogP contribution in [0, 0.1) is 6.92 Å². The van der Waals surface area contributed by atoms with Gasteiger partial charge in [-0.05, 0) is 37.5 Å². The first-order valence-corrected chi connectivity index (χ1v) is 8.04. The van der Waals surface area contributed by atoms with Crippen LogP contribution in [-0.4, -0.2) is 23.2 Å². The average molecular weight is 313 g/mol. The van der Waals surface area contributed by atoms with Crippen molar-refractivity contribution in [1.29, 1.82) is 0 Å². The van der Waals surface area contributed by atoms with Gasteiger partial charge in [-0.1, -0.05) is 17.7 Å². The topological polar surface area (TPSA) is 90.9 Å². The molecule has 0 spiro atoms. The van der Waals surface area contributed by atoms with Crippen LogP contribution in [0.3, 0.4) is 0 Å². The zero-order valence-corrected chi connectivity index (χ0v) is 12.3. The minimum atomic E-state index is -3.89. The lowest BCUT2D eigenvalue weighted by atomic mass is 10.1. The highest BCUT2D eigenvalue weighted by molar-refractivity contribution is 7.89. The number of hydrogen-bond acceptors (Lipinski definition) is 4. The molecule has 2 N–H and O–H groups in total. The van der Waals surface area contributed by atoms with E-state index >= 15 is 0 Å². The molecule has 1 aromatic heterocycles. The Morgan fingerprint density at radius 3 is 2.65 bits per heavy atom. The van der Waals surface area contributed by atoms with Gasteiger partial charge in [0.05, 0.1) is 0 Å². The Morgan fingerprint density at radius 1 is 1.35 bits per heavy atom. The third-order valence-corrected chi connectivity index (χ3v) is 4.29. The monoisotopic (exact) mass is 312 g/mol. The second kappa shape index (κ2) is 4.54. The number of nitrogens with two attached hydrogens (primary N) is 1. The molecule has 1 aliphatic rings. The van der Waals surface area contributed by atoms with E-state index in [0.29, 0.717) is 10.8 Å². The summed E-state index contributed by atoms with van der Waals surface area (Å²) in [4.78, 5) is 0. The maximum Gasteiger partial charge on any atom is 0.273 e. The standard InChI is InChI=1S/C12H13ClN4O2S/c1-7-2-3-8(13)6-10(7)11-15-16-12(20(14,18)19)17(11)9-4-5-9/h2-3,6,9H,4-5H2,1H3,(H2,14,18,19). The lowest BCUT2D eigenvalue weighted by Gasteiger charge is -2.10. The summed E-state index contributed by atoms with van der Waals surface area (Å²) in [7, 11) is -3.89. The van der Waals surface area contributed by atoms with Crippen molar-refractivity contribution in [3.8, 4) is 11.4 Å². The number of aromatic nitrogens is 3. The van der Waals surface area contributed by atoms with Crippen LogP contribution in [0.5, 0.6) is 0 Å². The van der Waals surface area contributed by atoms with E-state index in [1.807, 2.05) is 13.0 Å².